The first-order valence-corrected chi connectivity index (χ1v) is 9.58. The van der Waals surface area contributed by atoms with E-state index < -0.39 is 16.6 Å². The van der Waals surface area contributed by atoms with Gasteiger partial charge in [-0.2, -0.15) is 5.26 Å². The number of allylic oxidation sites excluding steroid dienone is 1. The van der Waals surface area contributed by atoms with Gasteiger partial charge in [-0.15, -0.1) is 0 Å². The molecule has 32 heavy (non-hydrogen) atoms. The summed E-state index contributed by atoms with van der Waals surface area (Å²) in [4.78, 5) is 22.2. The number of ether oxygens (including phenoxy) is 1. The molecule has 0 spiro atoms. The van der Waals surface area contributed by atoms with E-state index in [0.717, 1.165) is 0 Å². The second-order valence-electron chi connectivity index (χ2n) is 6.48. The van der Waals surface area contributed by atoms with Crippen molar-refractivity contribution < 1.29 is 18.8 Å². The highest BCUT2D eigenvalue weighted by Crippen LogP contribution is 2.28. The Kier molecular flexibility index (Phi) is 7.16. The summed E-state index contributed by atoms with van der Waals surface area (Å²) in [6.07, 6.45) is 1.57. The molecule has 0 aliphatic heterocycles. The minimum absolute atomic E-state index is 0.0444. The van der Waals surface area contributed by atoms with Gasteiger partial charge in [0, 0.05) is 12.1 Å². The number of carbonyl (C=O) groups is 1. The predicted octanol–water partition coefficient (Wildman–Crippen LogP) is 5.47. The van der Waals surface area contributed by atoms with Gasteiger partial charge in [0.15, 0.2) is 6.61 Å². The van der Waals surface area contributed by atoms with E-state index in [-0.39, 0.29) is 34.3 Å². The Morgan fingerprint density at radius 2 is 1.91 bits per heavy atom. The number of nitro benzene ring substituents is 1. The van der Waals surface area contributed by atoms with Gasteiger partial charge in [0.1, 0.15) is 11.6 Å². The molecule has 3 aromatic carbocycles. The number of rotatable bonds is 7. The number of hydrogen-bond donors (Lipinski definition) is 1. The molecule has 3 rings (SSSR count). The molecule has 0 aromatic heterocycles. The Balaban J connectivity index is 1.68. The van der Waals surface area contributed by atoms with Crippen LogP contribution in [0, 0.1) is 27.3 Å². The molecule has 0 bridgehead atoms. The number of anilines is 1. The highest BCUT2D eigenvalue weighted by Gasteiger charge is 2.10. The fourth-order valence-corrected chi connectivity index (χ4v) is 2.97. The standard InChI is InChI=1S/C23H15ClFN3O4/c24-19-12-15(11-17(13-26)16-6-8-18(9-7-16)28(30)31)5-10-22(19)32-14-23(29)27-21-4-2-1-3-20(21)25/h1-12H,14H2,(H,27,29)/b17-11+. The summed E-state index contributed by atoms with van der Waals surface area (Å²) in [5.41, 5.74) is 1.36. The van der Waals surface area contributed by atoms with Crippen molar-refractivity contribution in [2.45, 2.75) is 0 Å². The molecule has 1 amide bonds. The third-order valence-electron chi connectivity index (χ3n) is 4.28. The average Bonchev–Trinajstić information content (AvgIpc) is 2.78. The molecule has 0 saturated heterocycles. The lowest BCUT2D eigenvalue weighted by Crippen LogP contribution is -2.20. The average molecular weight is 452 g/mol. The predicted molar refractivity (Wildman–Crippen MR) is 119 cm³/mol. The molecule has 7 nitrogen and oxygen atoms in total. The Morgan fingerprint density at radius 1 is 1.19 bits per heavy atom. The molecular formula is C23H15ClFN3O4. The monoisotopic (exact) mass is 451 g/mol. The summed E-state index contributed by atoms with van der Waals surface area (Å²) in [5.74, 6) is -0.877. The third kappa shape index (κ3) is 5.68. The minimum atomic E-state index is -0.559. The molecule has 3 aromatic rings. The Bertz CT molecular complexity index is 1240. The highest BCUT2D eigenvalue weighted by atomic mass is 35.5. The number of carbonyl (C=O) groups excluding carboxylic acids is 1. The zero-order valence-corrected chi connectivity index (χ0v) is 17.2. The van der Waals surface area contributed by atoms with Gasteiger partial charge in [-0.1, -0.05) is 29.8 Å². The van der Waals surface area contributed by atoms with E-state index >= 15 is 0 Å². The number of benzene rings is 3. The molecule has 0 radical (unpaired) electrons. The Labute approximate surface area is 187 Å². The van der Waals surface area contributed by atoms with Crippen molar-refractivity contribution in [2.75, 3.05) is 11.9 Å². The van der Waals surface area contributed by atoms with E-state index in [1.165, 1.54) is 48.5 Å². The first kappa shape index (κ1) is 22.5. The molecule has 0 fully saturated rings. The van der Waals surface area contributed by atoms with E-state index in [9.17, 15) is 24.6 Å². The molecule has 1 N–H and O–H groups in total. The first-order chi connectivity index (χ1) is 15.4. The summed E-state index contributed by atoms with van der Waals surface area (Å²) < 4.78 is 19.0. The molecule has 0 aliphatic rings. The van der Waals surface area contributed by atoms with Crippen LogP contribution in [0.2, 0.25) is 5.02 Å². The molecular weight excluding hydrogens is 437 g/mol. The molecule has 160 valence electrons. The van der Waals surface area contributed by atoms with Gasteiger partial charge < -0.3 is 10.1 Å². The van der Waals surface area contributed by atoms with Crippen LogP contribution in [0.15, 0.2) is 66.7 Å². The van der Waals surface area contributed by atoms with Crippen LogP contribution in [0.25, 0.3) is 11.6 Å². The van der Waals surface area contributed by atoms with Crippen LogP contribution in [-0.2, 0) is 4.79 Å². The zero-order valence-electron chi connectivity index (χ0n) is 16.4. The number of non-ortho nitro benzene ring substituents is 1. The van der Waals surface area contributed by atoms with Crippen molar-refractivity contribution in [3.63, 3.8) is 0 Å². The van der Waals surface area contributed by atoms with E-state index in [1.807, 2.05) is 0 Å². The number of nitrogens with zero attached hydrogens (tertiary/aromatic N) is 2. The van der Waals surface area contributed by atoms with Crippen molar-refractivity contribution >= 4 is 40.5 Å². The molecule has 0 unspecified atom stereocenters. The smallest absolute Gasteiger partial charge is 0.269 e. The number of halogens is 2. The van der Waals surface area contributed by atoms with Crippen molar-refractivity contribution in [1.29, 1.82) is 5.26 Å². The lowest BCUT2D eigenvalue weighted by molar-refractivity contribution is -0.384. The van der Waals surface area contributed by atoms with E-state index in [0.29, 0.717) is 11.1 Å². The van der Waals surface area contributed by atoms with Crippen molar-refractivity contribution in [2.24, 2.45) is 0 Å². The van der Waals surface area contributed by atoms with Crippen LogP contribution in [0.3, 0.4) is 0 Å². The SMILES string of the molecule is N#C/C(=C\c1ccc(OCC(=O)Nc2ccccc2F)c(Cl)c1)c1ccc([N+](=O)[O-])cc1. The summed E-state index contributed by atoms with van der Waals surface area (Å²) in [6.45, 7) is -0.379. The second kappa shape index (κ2) is 10.2. The van der Waals surface area contributed by atoms with Crippen LogP contribution in [0.5, 0.6) is 5.75 Å². The maximum Gasteiger partial charge on any atom is 0.269 e. The van der Waals surface area contributed by atoms with Gasteiger partial charge in [0.05, 0.1) is 27.3 Å². The molecule has 9 heteroatoms. The number of nitrogens with one attached hydrogen (secondary N) is 1. The summed E-state index contributed by atoms with van der Waals surface area (Å²) >= 11 is 6.22. The van der Waals surface area contributed by atoms with Crippen molar-refractivity contribution in [1.82, 2.24) is 0 Å². The lowest BCUT2D eigenvalue weighted by atomic mass is 10.0. The van der Waals surface area contributed by atoms with Gasteiger partial charge >= 0.3 is 0 Å². The number of amides is 1. The van der Waals surface area contributed by atoms with E-state index in [1.54, 1.807) is 24.3 Å². The largest absolute Gasteiger partial charge is 0.482 e. The maximum atomic E-state index is 13.6. The third-order valence-corrected chi connectivity index (χ3v) is 4.58. The Morgan fingerprint density at radius 3 is 2.53 bits per heavy atom. The quantitative estimate of drug-likeness (QED) is 0.222. The minimum Gasteiger partial charge on any atom is -0.482 e. The van der Waals surface area contributed by atoms with Crippen molar-refractivity contribution in [3.05, 3.63) is 98.8 Å². The van der Waals surface area contributed by atoms with Crippen LogP contribution in [0.4, 0.5) is 15.8 Å². The van der Waals surface area contributed by atoms with Crippen LogP contribution < -0.4 is 10.1 Å². The van der Waals surface area contributed by atoms with Crippen LogP contribution in [0.1, 0.15) is 11.1 Å². The number of nitriles is 1. The lowest BCUT2D eigenvalue weighted by Gasteiger charge is -2.10. The number of para-hydroxylation sites is 1. The molecule has 0 saturated carbocycles. The summed E-state index contributed by atoms with van der Waals surface area (Å²) in [6, 6.07) is 18.1. The summed E-state index contributed by atoms with van der Waals surface area (Å²) in [5, 5.41) is 22.8. The second-order valence-corrected chi connectivity index (χ2v) is 6.89. The van der Waals surface area contributed by atoms with Gasteiger partial charge in [0.25, 0.3) is 11.6 Å². The van der Waals surface area contributed by atoms with Gasteiger partial charge in [-0.25, -0.2) is 4.39 Å². The van der Waals surface area contributed by atoms with E-state index in [4.69, 9.17) is 16.3 Å². The molecule has 0 heterocycles. The van der Waals surface area contributed by atoms with Gasteiger partial charge in [-0.3, -0.25) is 14.9 Å². The summed E-state index contributed by atoms with van der Waals surface area (Å²) in [7, 11) is 0. The molecule has 0 aliphatic carbocycles. The van der Waals surface area contributed by atoms with Crippen molar-refractivity contribution in [3.8, 4) is 11.8 Å². The zero-order chi connectivity index (χ0) is 23.1. The Hall–Kier alpha value is -4.22. The van der Waals surface area contributed by atoms with Crippen LogP contribution >= 0.6 is 11.6 Å². The van der Waals surface area contributed by atoms with E-state index in [2.05, 4.69) is 11.4 Å². The number of nitro groups is 1. The maximum absolute atomic E-state index is 13.6. The highest BCUT2D eigenvalue weighted by molar-refractivity contribution is 6.32. The van der Waals surface area contributed by atoms with Gasteiger partial charge in [0.2, 0.25) is 0 Å². The van der Waals surface area contributed by atoms with Crippen LogP contribution in [-0.4, -0.2) is 17.4 Å². The van der Waals surface area contributed by atoms with Gasteiger partial charge in [-0.05, 0) is 53.6 Å². The first-order valence-electron chi connectivity index (χ1n) is 9.20. The molecule has 0 atom stereocenters. The fraction of sp³-hybridized carbons (Fsp3) is 0.0435. The normalized spacial score (nSPS) is 10.8. The fourth-order valence-electron chi connectivity index (χ4n) is 2.73. The topological polar surface area (TPSA) is 105 Å². The number of hydrogen-bond acceptors (Lipinski definition) is 5.